The number of nitrogens with zero attached hydrogens (tertiary/aromatic N) is 4. The lowest BCUT2D eigenvalue weighted by molar-refractivity contribution is -0.140. The average Bonchev–Trinajstić information content (AvgIpc) is 3.58. The second-order valence-electron chi connectivity index (χ2n) is 10.6. The molecule has 0 aliphatic carbocycles. The summed E-state index contributed by atoms with van der Waals surface area (Å²) >= 11 is 0. The van der Waals surface area contributed by atoms with E-state index in [1.807, 2.05) is 56.3 Å². The molecule has 14 heteroatoms. The van der Waals surface area contributed by atoms with E-state index in [1.54, 1.807) is 6.07 Å². The Hall–Kier alpha value is -4.92. The zero-order chi connectivity index (χ0) is 31.4. The number of carbonyl (C=O) groups excluding carboxylic acids is 3. The van der Waals surface area contributed by atoms with Crippen molar-refractivity contribution in [3.8, 4) is 0 Å². The van der Waals surface area contributed by atoms with E-state index in [1.165, 1.54) is 17.2 Å². The lowest BCUT2D eigenvalue weighted by Crippen LogP contribution is -2.53. The summed E-state index contributed by atoms with van der Waals surface area (Å²) in [5.41, 5.74) is 9.86. The molecule has 0 radical (unpaired) electrons. The van der Waals surface area contributed by atoms with Gasteiger partial charge in [-0.15, -0.1) is 0 Å². The van der Waals surface area contributed by atoms with Crippen LogP contribution >= 0.6 is 0 Å². The zero-order valence-electron chi connectivity index (χ0n) is 24.2. The Labute approximate surface area is 252 Å². The van der Waals surface area contributed by atoms with Crippen LogP contribution in [0.25, 0.3) is 11.2 Å². The maximum absolute atomic E-state index is 13.4. The Kier molecular flexibility index (Phi) is 9.13. The fourth-order valence-corrected chi connectivity index (χ4v) is 5.01. The number of aliphatic hydroxyl groups excluding tert-OH is 2. The minimum atomic E-state index is -1.63. The number of aliphatic hydroxyl groups is 2. The van der Waals surface area contributed by atoms with Gasteiger partial charge in [0.2, 0.25) is 11.8 Å². The minimum absolute atomic E-state index is 0.117. The Morgan fingerprint density at radius 1 is 1.02 bits per heavy atom. The van der Waals surface area contributed by atoms with Gasteiger partial charge < -0.3 is 36.6 Å². The number of imidazole rings is 1. The number of fused-ring (bicyclic) bond motifs is 1. The molecular formula is C30H34N8O6. The third-order valence-corrected chi connectivity index (χ3v) is 7.66. The number of amides is 3. The van der Waals surface area contributed by atoms with Crippen molar-refractivity contribution in [3.05, 3.63) is 77.9 Å². The molecule has 1 aliphatic heterocycles. The summed E-state index contributed by atoms with van der Waals surface area (Å²) in [4.78, 5) is 51.4. The monoisotopic (exact) mass is 602 g/mol. The summed E-state index contributed by atoms with van der Waals surface area (Å²) in [6.07, 6.45) is -2.72. The van der Waals surface area contributed by atoms with Crippen LogP contribution in [0.3, 0.4) is 0 Å². The molecular weight excluding hydrogens is 568 g/mol. The van der Waals surface area contributed by atoms with E-state index in [0.29, 0.717) is 12.1 Å². The van der Waals surface area contributed by atoms with Crippen LogP contribution in [0.2, 0.25) is 0 Å². The zero-order valence-corrected chi connectivity index (χ0v) is 24.2. The summed E-state index contributed by atoms with van der Waals surface area (Å²) in [6, 6.07) is 13.8. The molecule has 5 atom stereocenters. The van der Waals surface area contributed by atoms with Crippen LogP contribution in [0.15, 0.2) is 61.2 Å². The van der Waals surface area contributed by atoms with E-state index in [4.69, 9.17) is 10.5 Å². The summed E-state index contributed by atoms with van der Waals surface area (Å²) < 4.78 is 7.13. The van der Waals surface area contributed by atoms with Crippen LogP contribution < -0.4 is 21.7 Å². The van der Waals surface area contributed by atoms with Crippen molar-refractivity contribution >= 4 is 40.4 Å². The number of hydrogen-bond donors (Lipinski definition) is 6. The van der Waals surface area contributed by atoms with Crippen LogP contribution in [0.1, 0.15) is 29.3 Å². The molecule has 4 aromatic rings. The minimum Gasteiger partial charge on any atom is -0.387 e. The molecule has 230 valence electrons. The molecule has 2 aromatic heterocycles. The maximum atomic E-state index is 13.4. The Bertz CT molecular complexity index is 1660. The third-order valence-electron chi connectivity index (χ3n) is 7.66. The number of nitrogens with one attached hydrogen (secondary N) is 3. The molecule has 3 heterocycles. The summed E-state index contributed by atoms with van der Waals surface area (Å²) in [5, 5.41) is 29.5. The molecule has 1 fully saturated rings. The number of nitrogen functional groups attached to an aromatic ring is 1. The molecule has 1 aliphatic rings. The van der Waals surface area contributed by atoms with Crippen molar-refractivity contribution in [3.63, 3.8) is 0 Å². The number of carbonyl (C=O) groups is 3. The highest BCUT2D eigenvalue weighted by Crippen LogP contribution is 2.32. The van der Waals surface area contributed by atoms with Crippen molar-refractivity contribution in [1.29, 1.82) is 0 Å². The van der Waals surface area contributed by atoms with E-state index in [-0.39, 0.29) is 29.9 Å². The number of aromatic nitrogens is 4. The van der Waals surface area contributed by atoms with Crippen molar-refractivity contribution in [1.82, 2.24) is 30.2 Å². The first kappa shape index (κ1) is 30.5. The molecule has 0 unspecified atom stereocenters. The van der Waals surface area contributed by atoms with Crippen molar-refractivity contribution in [2.75, 3.05) is 17.6 Å². The van der Waals surface area contributed by atoms with E-state index >= 15 is 0 Å². The summed E-state index contributed by atoms with van der Waals surface area (Å²) in [5.74, 6) is -1.72. The Morgan fingerprint density at radius 2 is 1.80 bits per heavy atom. The van der Waals surface area contributed by atoms with Crippen molar-refractivity contribution in [2.24, 2.45) is 0 Å². The van der Waals surface area contributed by atoms with Gasteiger partial charge in [0.1, 0.15) is 30.1 Å². The van der Waals surface area contributed by atoms with Crippen LogP contribution in [0.5, 0.6) is 0 Å². The van der Waals surface area contributed by atoms with Gasteiger partial charge in [0.05, 0.1) is 12.9 Å². The highest BCUT2D eigenvalue weighted by atomic mass is 16.6. The first-order chi connectivity index (χ1) is 21.1. The first-order valence-corrected chi connectivity index (χ1v) is 14.1. The van der Waals surface area contributed by atoms with E-state index in [0.717, 1.165) is 16.7 Å². The number of nitrogens with two attached hydrogens (primary N) is 1. The van der Waals surface area contributed by atoms with Gasteiger partial charge in [-0.1, -0.05) is 42.5 Å². The van der Waals surface area contributed by atoms with Gasteiger partial charge in [-0.3, -0.25) is 19.0 Å². The number of rotatable bonds is 10. The largest absolute Gasteiger partial charge is 0.387 e. The van der Waals surface area contributed by atoms with Gasteiger partial charge in [-0.25, -0.2) is 15.0 Å². The van der Waals surface area contributed by atoms with Gasteiger partial charge in [0, 0.05) is 5.69 Å². The molecule has 3 amide bonds. The molecule has 14 nitrogen and oxygen atoms in total. The van der Waals surface area contributed by atoms with Crippen molar-refractivity contribution in [2.45, 2.75) is 57.3 Å². The predicted octanol–water partition coefficient (Wildman–Crippen LogP) is 0.517. The molecule has 0 saturated carbocycles. The lowest BCUT2D eigenvalue weighted by Gasteiger charge is -2.22. The van der Waals surface area contributed by atoms with Crippen molar-refractivity contribution < 1.29 is 29.3 Å². The first-order valence-electron chi connectivity index (χ1n) is 14.1. The van der Waals surface area contributed by atoms with Gasteiger partial charge in [-0.2, -0.15) is 0 Å². The highest BCUT2D eigenvalue weighted by molar-refractivity contribution is 5.97. The number of aryl methyl sites for hydroxylation is 2. The molecule has 7 N–H and O–H groups in total. The normalized spacial score (nSPS) is 20.3. The quantitative estimate of drug-likeness (QED) is 0.148. The lowest BCUT2D eigenvalue weighted by atomic mass is 10.0. The SMILES string of the molecule is Cc1cccc(NC(=O)CNC(=O)[C@H](CCc2ccccc2)NC(=O)[C@H]2O[C@@H](n3cnc4c(N)ncnc43)[C@H](O)[C@@H]2O)c1C. The van der Waals surface area contributed by atoms with Gasteiger partial charge in [-0.05, 0) is 49.4 Å². The Balaban J connectivity index is 1.27. The van der Waals surface area contributed by atoms with E-state index in [9.17, 15) is 24.6 Å². The maximum Gasteiger partial charge on any atom is 0.252 e. The molecule has 1 saturated heterocycles. The standard InChI is InChI=1S/C30H34N8O6/c1-16-7-6-10-19(17(16)2)36-21(39)13-32-28(42)20(12-11-18-8-4-3-5-9-18)37-29(43)25-23(40)24(41)30(44-25)38-15-35-22-26(31)33-14-34-27(22)38/h3-10,14-15,20,23-25,30,40-41H,11-13H2,1-2H3,(H,32,42)(H,36,39)(H,37,43)(H2,31,33,34)/t20-,23-,24+,25-,30+/m0/s1. The van der Waals surface area contributed by atoms with Crippen LogP contribution in [-0.2, 0) is 25.5 Å². The third kappa shape index (κ3) is 6.51. The highest BCUT2D eigenvalue weighted by Gasteiger charge is 2.48. The van der Waals surface area contributed by atoms with Crippen LogP contribution in [0, 0.1) is 13.8 Å². The molecule has 5 rings (SSSR count). The van der Waals surface area contributed by atoms with Gasteiger partial charge >= 0.3 is 0 Å². The van der Waals surface area contributed by atoms with E-state index in [2.05, 4.69) is 30.9 Å². The molecule has 0 spiro atoms. The summed E-state index contributed by atoms with van der Waals surface area (Å²) in [7, 11) is 0. The smallest absolute Gasteiger partial charge is 0.252 e. The van der Waals surface area contributed by atoms with Gasteiger partial charge in [0.15, 0.2) is 23.8 Å². The number of anilines is 2. The van der Waals surface area contributed by atoms with Gasteiger partial charge in [0.25, 0.3) is 5.91 Å². The summed E-state index contributed by atoms with van der Waals surface area (Å²) in [6.45, 7) is 3.49. The average molecular weight is 603 g/mol. The second kappa shape index (κ2) is 13.2. The molecule has 2 aromatic carbocycles. The fraction of sp³-hybridized carbons (Fsp3) is 0.333. The Morgan fingerprint density at radius 3 is 2.57 bits per heavy atom. The molecule has 44 heavy (non-hydrogen) atoms. The topological polar surface area (TPSA) is 207 Å². The molecule has 0 bridgehead atoms. The number of ether oxygens (including phenoxy) is 1. The van der Waals surface area contributed by atoms with E-state index < -0.39 is 48.3 Å². The number of benzene rings is 2. The fourth-order valence-electron chi connectivity index (χ4n) is 5.01. The second-order valence-corrected chi connectivity index (χ2v) is 10.6. The van der Waals surface area contributed by atoms with Crippen LogP contribution in [-0.4, -0.2) is 78.4 Å². The predicted molar refractivity (Wildman–Crippen MR) is 160 cm³/mol. The van der Waals surface area contributed by atoms with Crippen LogP contribution in [0.4, 0.5) is 11.5 Å². The number of hydrogen-bond acceptors (Lipinski definition) is 10.